The number of nitrogens with zero attached hydrogens (tertiary/aromatic N) is 1. The fourth-order valence-corrected chi connectivity index (χ4v) is 2.06. The zero-order chi connectivity index (χ0) is 14.5. The molecule has 0 fully saturated rings. The molecule has 1 heterocycles. The van der Waals surface area contributed by atoms with Crippen LogP contribution in [0.3, 0.4) is 0 Å². The number of pyridine rings is 1. The van der Waals surface area contributed by atoms with Crippen molar-refractivity contribution in [2.24, 2.45) is 0 Å². The normalized spacial score (nSPS) is 10.2. The largest absolute Gasteiger partial charge is 0.370 e. The molecule has 5 heteroatoms. The van der Waals surface area contributed by atoms with Crippen LogP contribution in [0.4, 0.5) is 11.5 Å². The summed E-state index contributed by atoms with van der Waals surface area (Å²) in [5, 5.41) is 5.97. The SMILES string of the molecule is CCNc1ncccc1C(=O)Nc1ccc(Br)c(C)c1. The Morgan fingerprint density at radius 1 is 1.35 bits per heavy atom. The number of aryl methyl sites for hydroxylation is 1. The molecule has 1 aromatic heterocycles. The first-order valence-corrected chi connectivity index (χ1v) is 7.17. The minimum atomic E-state index is -0.171. The highest BCUT2D eigenvalue weighted by Crippen LogP contribution is 2.21. The number of hydrogen-bond acceptors (Lipinski definition) is 3. The number of halogens is 1. The van der Waals surface area contributed by atoms with Crippen LogP contribution >= 0.6 is 15.9 Å². The first-order chi connectivity index (χ1) is 9.61. The van der Waals surface area contributed by atoms with Gasteiger partial charge in [0.1, 0.15) is 5.82 Å². The molecule has 0 aliphatic heterocycles. The quantitative estimate of drug-likeness (QED) is 0.893. The van der Waals surface area contributed by atoms with E-state index in [1.54, 1.807) is 18.3 Å². The van der Waals surface area contributed by atoms with E-state index < -0.39 is 0 Å². The Labute approximate surface area is 126 Å². The zero-order valence-corrected chi connectivity index (χ0v) is 13.0. The summed E-state index contributed by atoms with van der Waals surface area (Å²) in [5.41, 5.74) is 2.37. The van der Waals surface area contributed by atoms with Crippen molar-refractivity contribution in [1.82, 2.24) is 4.98 Å². The van der Waals surface area contributed by atoms with Crippen LogP contribution in [0.25, 0.3) is 0 Å². The second-order valence-electron chi connectivity index (χ2n) is 4.35. The van der Waals surface area contributed by atoms with E-state index in [1.807, 2.05) is 32.0 Å². The summed E-state index contributed by atoms with van der Waals surface area (Å²) in [7, 11) is 0. The lowest BCUT2D eigenvalue weighted by Crippen LogP contribution is -2.15. The number of carbonyl (C=O) groups is 1. The first-order valence-electron chi connectivity index (χ1n) is 6.38. The molecule has 0 unspecified atom stereocenters. The van der Waals surface area contributed by atoms with Crippen LogP contribution in [0.1, 0.15) is 22.8 Å². The third-order valence-corrected chi connectivity index (χ3v) is 3.70. The maximum atomic E-state index is 12.3. The van der Waals surface area contributed by atoms with Crippen molar-refractivity contribution in [3.63, 3.8) is 0 Å². The van der Waals surface area contributed by atoms with Gasteiger partial charge in [-0.05, 0) is 49.7 Å². The Balaban J connectivity index is 2.21. The van der Waals surface area contributed by atoms with Crippen molar-refractivity contribution in [2.75, 3.05) is 17.2 Å². The minimum absolute atomic E-state index is 0.171. The molecule has 0 aliphatic rings. The number of hydrogen-bond donors (Lipinski definition) is 2. The number of rotatable bonds is 4. The van der Waals surface area contributed by atoms with Crippen molar-refractivity contribution in [2.45, 2.75) is 13.8 Å². The predicted octanol–water partition coefficient (Wildman–Crippen LogP) is 3.84. The lowest BCUT2D eigenvalue weighted by atomic mass is 10.2. The Kier molecular flexibility index (Phi) is 4.74. The summed E-state index contributed by atoms with van der Waals surface area (Å²) in [4.78, 5) is 16.5. The number of anilines is 2. The molecule has 2 N–H and O–H groups in total. The van der Waals surface area contributed by atoms with Crippen molar-refractivity contribution in [3.05, 3.63) is 52.1 Å². The maximum absolute atomic E-state index is 12.3. The standard InChI is InChI=1S/C15H16BrN3O/c1-3-17-14-12(5-4-8-18-14)15(20)19-11-6-7-13(16)10(2)9-11/h4-9H,3H2,1-2H3,(H,17,18)(H,19,20). The van der Waals surface area contributed by atoms with Gasteiger partial charge in [-0.1, -0.05) is 15.9 Å². The molecule has 4 nitrogen and oxygen atoms in total. The highest BCUT2D eigenvalue weighted by Gasteiger charge is 2.12. The summed E-state index contributed by atoms with van der Waals surface area (Å²) < 4.78 is 1.02. The number of amides is 1. The second-order valence-corrected chi connectivity index (χ2v) is 5.20. The molecule has 2 rings (SSSR count). The van der Waals surface area contributed by atoms with E-state index in [9.17, 15) is 4.79 Å². The molecule has 0 bridgehead atoms. The average Bonchev–Trinajstić information content (AvgIpc) is 2.44. The van der Waals surface area contributed by atoms with Gasteiger partial charge in [-0.3, -0.25) is 4.79 Å². The van der Waals surface area contributed by atoms with Crippen LogP contribution in [-0.2, 0) is 0 Å². The van der Waals surface area contributed by atoms with Crippen LogP contribution in [0.5, 0.6) is 0 Å². The minimum Gasteiger partial charge on any atom is -0.370 e. The molecule has 0 spiro atoms. The molecule has 0 saturated carbocycles. The monoisotopic (exact) mass is 333 g/mol. The Morgan fingerprint density at radius 3 is 2.85 bits per heavy atom. The molecular formula is C15H16BrN3O. The van der Waals surface area contributed by atoms with Crippen LogP contribution in [0, 0.1) is 6.92 Å². The number of carbonyl (C=O) groups excluding carboxylic acids is 1. The molecule has 0 aliphatic carbocycles. The number of aromatic nitrogens is 1. The van der Waals surface area contributed by atoms with Crippen LogP contribution in [0.15, 0.2) is 41.0 Å². The molecule has 1 amide bonds. The van der Waals surface area contributed by atoms with E-state index in [0.717, 1.165) is 15.7 Å². The second kappa shape index (κ2) is 6.52. The van der Waals surface area contributed by atoms with Crippen LogP contribution < -0.4 is 10.6 Å². The van der Waals surface area contributed by atoms with E-state index in [1.165, 1.54) is 0 Å². The van der Waals surface area contributed by atoms with Gasteiger partial charge in [0.25, 0.3) is 5.91 Å². The Hall–Kier alpha value is -1.88. The summed E-state index contributed by atoms with van der Waals surface area (Å²) in [5.74, 6) is 0.428. The summed E-state index contributed by atoms with van der Waals surface area (Å²) >= 11 is 3.44. The number of nitrogens with one attached hydrogen (secondary N) is 2. The molecule has 20 heavy (non-hydrogen) atoms. The topological polar surface area (TPSA) is 54.0 Å². The van der Waals surface area contributed by atoms with Gasteiger partial charge in [-0.2, -0.15) is 0 Å². The summed E-state index contributed by atoms with van der Waals surface area (Å²) in [6.07, 6.45) is 1.67. The van der Waals surface area contributed by atoms with Gasteiger partial charge in [0.05, 0.1) is 5.56 Å². The maximum Gasteiger partial charge on any atom is 0.259 e. The highest BCUT2D eigenvalue weighted by molar-refractivity contribution is 9.10. The average molecular weight is 334 g/mol. The summed E-state index contributed by atoms with van der Waals surface area (Å²) in [6.45, 7) is 4.66. The van der Waals surface area contributed by atoms with Crippen molar-refractivity contribution >= 4 is 33.3 Å². The van der Waals surface area contributed by atoms with E-state index in [-0.39, 0.29) is 5.91 Å². The lowest BCUT2D eigenvalue weighted by molar-refractivity contribution is 0.102. The molecule has 104 valence electrons. The van der Waals surface area contributed by atoms with Gasteiger partial charge in [-0.15, -0.1) is 0 Å². The van der Waals surface area contributed by atoms with Gasteiger partial charge in [0.2, 0.25) is 0 Å². The smallest absolute Gasteiger partial charge is 0.259 e. The van der Waals surface area contributed by atoms with Crippen LogP contribution in [-0.4, -0.2) is 17.4 Å². The lowest BCUT2D eigenvalue weighted by Gasteiger charge is -2.10. The highest BCUT2D eigenvalue weighted by atomic mass is 79.9. The fourth-order valence-electron chi connectivity index (χ4n) is 1.82. The van der Waals surface area contributed by atoms with Gasteiger partial charge in [0.15, 0.2) is 0 Å². The summed E-state index contributed by atoms with van der Waals surface area (Å²) in [6, 6.07) is 9.21. The molecule has 0 radical (unpaired) electrons. The van der Waals surface area contributed by atoms with E-state index >= 15 is 0 Å². The van der Waals surface area contributed by atoms with E-state index in [2.05, 4.69) is 31.5 Å². The third-order valence-electron chi connectivity index (χ3n) is 2.81. The van der Waals surface area contributed by atoms with Crippen LogP contribution in [0.2, 0.25) is 0 Å². The van der Waals surface area contributed by atoms with E-state index in [4.69, 9.17) is 0 Å². The van der Waals surface area contributed by atoms with Gasteiger partial charge in [-0.25, -0.2) is 4.98 Å². The van der Waals surface area contributed by atoms with Crippen molar-refractivity contribution in [3.8, 4) is 0 Å². The third kappa shape index (κ3) is 3.36. The Morgan fingerprint density at radius 2 is 2.15 bits per heavy atom. The van der Waals surface area contributed by atoms with Gasteiger partial charge < -0.3 is 10.6 Å². The molecule has 2 aromatic rings. The fraction of sp³-hybridized carbons (Fsp3) is 0.200. The van der Waals surface area contributed by atoms with Crippen molar-refractivity contribution in [1.29, 1.82) is 0 Å². The van der Waals surface area contributed by atoms with Gasteiger partial charge >= 0.3 is 0 Å². The zero-order valence-electron chi connectivity index (χ0n) is 11.4. The molecule has 0 saturated heterocycles. The first kappa shape index (κ1) is 14.5. The number of benzene rings is 1. The van der Waals surface area contributed by atoms with Gasteiger partial charge in [0, 0.05) is 22.9 Å². The Bertz CT molecular complexity index is 628. The molecular weight excluding hydrogens is 318 g/mol. The molecule has 0 atom stereocenters. The van der Waals surface area contributed by atoms with E-state index in [0.29, 0.717) is 17.9 Å². The predicted molar refractivity (Wildman–Crippen MR) is 85.2 cm³/mol. The molecule has 1 aromatic carbocycles. The van der Waals surface area contributed by atoms with Crippen molar-refractivity contribution < 1.29 is 4.79 Å².